The minimum atomic E-state index is -4.72. The first-order chi connectivity index (χ1) is 21.7. The Morgan fingerprint density at radius 1 is 1.11 bits per heavy atom. The molecule has 45 heavy (non-hydrogen) atoms. The van der Waals surface area contributed by atoms with Crippen molar-refractivity contribution in [2.45, 2.75) is 75.1 Å². The van der Waals surface area contributed by atoms with Crippen molar-refractivity contribution >= 4 is 11.0 Å². The van der Waals surface area contributed by atoms with Crippen LogP contribution in [0.15, 0.2) is 37.1 Å². The Kier molecular flexibility index (Phi) is 7.65. The number of hydrogen-bond donors (Lipinski definition) is 1. The Morgan fingerprint density at radius 2 is 1.93 bits per heavy atom. The van der Waals surface area contributed by atoms with Gasteiger partial charge in [0.25, 0.3) is 0 Å². The van der Waals surface area contributed by atoms with Gasteiger partial charge in [0, 0.05) is 68.2 Å². The number of rotatable bonds is 8. The van der Waals surface area contributed by atoms with E-state index in [2.05, 4.69) is 41.0 Å². The molecule has 0 unspecified atom stereocenters. The Labute approximate surface area is 256 Å². The third-order valence-electron chi connectivity index (χ3n) is 9.16. The molecule has 1 atom stereocenters. The van der Waals surface area contributed by atoms with Crippen LogP contribution in [-0.2, 0) is 18.3 Å². The number of nitriles is 1. The predicted octanol–water partition coefficient (Wildman–Crippen LogP) is 4.49. The Balaban J connectivity index is 0.982. The van der Waals surface area contributed by atoms with Gasteiger partial charge in [-0.05, 0) is 38.2 Å². The highest BCUT2D eigenvalue weighted by Gasteiger charge is 2.48. The predicted molar refractivity (Wildman–Crippen MR) is 153 cm³/mol. The quantitative estimate of drug-likeness (QED) is 0.283. The SMILES string of the molecule is N#CCC1(n2cc(-c3ncnc4[nH]ccc34)cn2)CN([C@H]2CC[C@@H](Oc3cc(CN4CC[C@H](F)C4)nc(C(F)(F)F)n3)CC2)C1. The van der Waals surface area contributed by atoms with E-state index in [9.17, 15) is 22.8 Å². The van der Waals surface area contributed by atoms with Gasteiger partial charge in [-0.15, -0.1) is 0 Å². The zero-order chi connectivity index (χ0) is 31.2. The summed E-state index contributed by atoms with van der Waals surface area (Å²) < 4.78 is 62.2. The van der Waals surface area contributed by atoms with E-state index in [0.717, 1.165) is 35.1 Å². The van der Waals surface area contributed by atoms with Crippen molar-refractivity contribution in [2.75, 3.05) is 26.2 Å². The van der Waals surface area contributed by atoms with Gasteiger partial charge in [0.1, 0.15) is 29.8 Å². The van der Waals surface area contributed by atoms with E-state index >= 15 is 0 Å². The van der Waals surface area contributed by atoms with Gasteiger partial charge in [0.05, 0.1) is 30.1 Å². The summed E-state index contributed by atoms with van der Waals surface area (Å²) in [6.45, 7) is 2.10. The van der Waals surface area contributed by atoms with Crippen LogP contribution >= 0.6 is 0 Å². The zero-order valence-corrected chi connectivity index (χ0v) is 24.4. The first kappa shape index (κ1) is 29.5. The number of H-pyrrole nitrogens is 1. The van der Waals surface area contributed by atoms with Crippen molar-refractivity contribution in [3.05, 3.63) is 48.6 Å². The van der Waals surface area contributed by atoms with Crippen LogP contribution in [0.3, 0.4) is 0 Å². The number of alkyl halides is 4. The van der Waals surface area contributed by atoms with E-state index in [-0.39, 0.29) is 36.8 Å². The van der Waals surface area contributed by atoms with Crippen LogP contribution in [0.5, 0.6) is 5.88 Å². The van der Waals surface area contributed by atoms with E-state index in [1.54, 1.807) is 11.1 Å². The first-order valence-electron chi connectivity index (χ1n) is 15.1. The molecule has 4 aromatic rings. The second-order valence-corrected chi connectivity index (χ2v) is 12.3. The van der Waals surface area contributed by atoms with Gasteiger partial charge in [-0.3, -0.25) is 14.5 Å². The summed E-state index contributed by atoms with van der Waals surface area (Å²) in [6, 6.07) is 5.97. The zero-order valence-electron chi connectivity index (χ0n) is 24.4. The fourth-order valence-electron chi connectivity index (χ4n) is 6.86. The molecule has 0 aromatic carbocycles. The summed E-state index contributed by atoms with van der Waals surface area (Å²) in [5.41, 5.74) is 2.09. The number of nitrogens with zero attached hydrogens (tertiary/aromatic N) is 9. The highest BCUT2D eigenvalue weighted by molar-refractivity contribution is 5.90. The molecule has 2 saturated heterocycles. The molecule has 0 spiro atoms. The second kappa shape index (κ2) is 11.6. The standard InChI is InChI=1S/C30H32F4N10O/c31-20-6-10-42(14-20)15-21-11-25(41-28(40-21)30(32,33)34)45-23-3-1-22(2-4-23)43-16-29(17-43,7-8-35)44-13-19(12-39-44)26-24-5-9-36-27(24)38-18-37-26/h5,9,11-13,18,20,22-23H,1-4,6-7,10,14-17H2,(H,36,37,38)/t20-,22-,23+/m0/s1. The summed E-state index contributed by atoms with van der Waals surface area (Å²) in [7, 11) is 0. The van der Waals surface area contributed by atoms with Crippen LogP contribution in [0.2, 0.25) is 0 Å². The van der Waals surface area contributed by atoms with Gasteiger partial charge in [-0.2, -0.15) is 28.5 Å². The summed E-state index contributed by atoms with van der Waals surface area (Å²) in [5.74, 6) is -1.34. The number of nitrogens with one attached hydrogen (secondary N) is 1. The second-order valence-electron chi connectivity index (χ2n) is 12.3. The topological polar surface area (TPSA) is 125 Å². The summed E-state index contributed by atoms with van der Waals surface area (Å²) in [4.78, 5) is 23.3. The smallest absolute Gasteiger partial charge is 0.451 e. The highest BCUT2D eigenvalue weighted by atomic mass is 19.4. The normalized spacial score (nSPS) is 24.0. The van der Waals surface area contributed by atoms with E-state index in [0.29, 0.717) is 45.3 Å². The molecule has 1 saturated carbocycles. The van der Waals surface area contributed by atoms with Gasteiger partial charge in [0.2, 0.25) is 11.7 Å². The van der Waals surface area contributed by atoms with Crippen LogP contribution in [0, 0.1) is 11.3 Å². The molecule has 11 nitrogen and oxygen atoms in total. The minimum Gasteiger partial charge on any atom is -0.474 e. The number of likely N-dealkylation sites (tertiary alicyclic amines) is 2. The van der Waals surface area contributed by atoms with Gasteiger partial charge in [-0.1, -0.05) is 0 Å². The maximum atomic E-state index is 13.6. The number of aromatic nitrogens is 7. The van der Waals surface area contributed by atoms with Gasteiger partial charge >= 0.3 is 6.18 Å². The highest BCUT2D eigenvalue weighted by Crippen LogP contribution is 2.39. The molecule has 1 N–H and O–H groups in total. The fourth-order valence-corrected chi connectivity index (χ4v) is 6.86. The van der Waals surface area contributed by atoms with Gasteiger partial charge in [-0.25, -0.2) is 19.3 Å². The van der Waals surface area contributed by atoms with E-state index in [1.807, 2.05) is 23.1 Å². The first-order valence-corrected chi connectivity index (χ1v) is 15.1. The molecule has 0 radical (unpaired) electrons. The molecule has 3 aliphatic rings. The van der Waals surface area contributed by atoms with Gasteiger partial charge in [0.15, 0.2) is 0 Å². The van der Waals surface area contributed by atoms with Crippen molar-refractivity contribution in [1.29, 1.82) is 5.26 Å². The summed E-state index contributed by atoms with van der Waals surface area (Å²) in [6.07, 6.45) is 4.68. The Morgan fingerprint density at radius 3 is 2.67 bits per heavy atom. The van der Waals surface area contributed by atoms with Crippen molar-refractivity contribution in [2.24, 2.45) is 0 Å². The number of aromatic amines is 1. The third-order valence-corrected chi connectivity index (χ3v) is 9.16. The van der Waals surface area contributed by atoms with Crippen LogP contribution < -0.4 is 4.74 Å². The molecule has 4 aromatic heterocycles. The number of fused-ring (bicyclic) bond motifs is 1. The summed E-state index contributed by atoms with van der Waals surface area (Å²) >= 11 is 0. The average molecular weight is 625 g/mol. The molecule has 3 fully saturated rings. The molecule has 0 bridgehead atoms. The van der Waals surface area contributed by atoms with Crippen molar-refractivity contribution in [3.63, 3.8) is 0 Å². The monoisotopic (exact) mass is 624 g/mol. The molecule has 15 heteroatoms. The molecule has 236 valence electrons. The Hall–Kier alpha value is -4.16. The number of ether oxygens (including phenoxy) is 1. The van der Waals surface area contributed by atoms with E-state index in [4.69, 9.17) is 4.74 Å². The van der Waals surface area contributed by atoms with Crippen molar-refractivity contribution < 1.29 is 22.3 Å². The van der Waals surface area contributed by atoms with Gasteiger partial charge < -0.3 is 9.72 Å². The lowest BCUT2D eigenvalue weighted by Gasteiger charge is -2.53. The molecular weight excluding hydrogens is 592 g/mol. The fraction of sp³-hybridized carbons (Fsp3) is 0.533. The van der Waals surface area contributed by atoms with Crippen LogP contribution in [0.4, 0.5) is 17.6 Å². The minimum absolute atomic E-state index is 0.0983. The lowest BCUT2D eigenvalue weighted by atomic mass is 9.82. The van der Waals surface area contributed by atoms with E-state index < -0.39 is 23.7 Å². The van der Waals surface area contributed by atoms with Crippen molar-refractivity contribution in [3.8, 4) is 23.2 Å². The van der Waals surface area contributed by atoms with Crippen LogP contribution in [0.1, 0.15) is 50.0 Å². The average Bonchev–Trinajstić information content (AvgIpc) is 3.76. The molecule has 7 rings (SSSR count). The largest absolute Gasteiger partial charge is 0.474 e. The maximum absolute atomic E-state index is 13.6. The van der Waals surface area contributed by atoms with Crippen molar-refractivity contribution in [1.82, 2.24) is 44.5 Å². The molecule has 6 heterocycles. The Bertz CT molecular complexity index is 1700. The van der Waals surface area contributed by atoms with E-state index in [1.165, 1.54) is 12.4 Å². The molecular formula is C30H32F4N10O. The molecule has 0 amide bonds. The lowest BCUT2D eigenvalue weighted by Crippen LogP contribution is -2.65. The number of halogens is 4. The summed E-state index contributed by atoms with van der Waals surface area (Å²) in [5, 5.41) is 15.2. The lowest BCUT2D eigenvalue weighted by molar-refractivity contribution is -0.145. The number of hydrogen-bond acceptors (Lipinski definition) is 9. The van der Waals surface area contributed by atoms with Crippen LogP contribution in [-0.4, -0.2) is 89.0 Å². The maximum Gasteiger partial charge on any atom is 0.451 e. The third kappa shape index (κ3) is 5.96. The molecule has 1 aliphatic carbocycles. The molecule has 2 aliphatic heterocycles. The van der Waals surface area contributed by atoms with Crippen LogP contribution in [0.25, 0.3) is 22.3 Å².